The Kier molecular flexibility index (Phi) is 27.5. The van der Waals surface area contributed by atoms with Gasteiger partial charge in [-0.15, -0.1) is 25.5 Å². The maximum absolute atomic E-state index is 9.63. The van der Waals surface area contributed by atoms with Gasteiger partial charge < -0.3 is 31.3 Å². The second-order valence-electron chi connectivity index (χ2n) is 4.46. The first-order valence-electron chi connectivity index (χ1n) is 6.81. The Morgan fingerprint density at radius 2 is 1.08 bits per heavy atom. The van der Waals surface area contributed by atoms with Crippen LogP contribution in [0.3, 0.4) is 0 Å². The second-order valence-corrected chi connectivity index (χ2v) is 4.46. The molecule has 0 aromatic carbocycles. The number of oxime groups is 3. The van der Waals surface area contributed by atoms with Crippen molar-refractivity contribution in [3.05, 3.63) is 10.5 Å². The number of hydrogen-bond donors (Lipinski definition) is 3. The van der Waals surface area contributed by atoms with Crippen LogP contribution in [0.4, 0.5) is 0 Å². The van der Waals surface area contributed by atoms with E-state index < -0.39 is 0 Å². The molecule has 0 spiro atoms. The number of nitrogens with zero attached hydrogens (tertiary/aromatic N) is 5. The Morgan fingerprint density at radius 3 is 1.21 bits per heavy atom. The molecule has 143 valence electrons. The Hall–Kier alpha value is -1.36. The van der Waals surface area contributed by atoms with Crippen molar-refractivity contribution in [3.8, 4) is 0 Å². The molecule has 0 bridgehead atoms. The van der Waals surface area contributed by atoms with E-state index in [1.54, 1.807) is 0 Å². The molecule has 24 heavy (non-hydrogen) atoms. The van der Waals surface area contributed by atoms with Crippen LogP contribution in [-0.2, 0) is 16.8 Å². The molecule has 0 unspecified atom stereocenters. The van der Waals surface area contributed by atoms with Crippen LogP contribution in [0.25, 0.3) is 5.32 Å². The third-order valence-electron chi connectivity index (χ3n) is 2.77. The summed E-state index contributed by atoms with van der Waals surface area (Å²) in [4.78, 5) is 0. The van der Waals surface area contributed by atoms with Gasteiger partial charge in [-0.1, -0.05) is 34.7 Å². The van der Waals surface area contributed by atoms with Crippen LogP contribution in [0.5, 0.6) is 0 Å². The number of rotatable bonds is 2. The van der Waals surface area contributed by atoms with Gasteiger partial charge in [0, 0.05) is 0 Å². The molecule has 9 nitrogen and oxygen atoms in total. The van der Waals surface area contributed by atoms with E-state index in [9.17, 15) is 5.21 Å². The van der Waals surface area contributed by atoms with Crippen molar-refractivity contribution in [1.29, 1.82) is 0 Å². The Morgan fingerprint density at radius 1 is 0.750 bits per heavy atom. The summed E-state index contributed by atoms with van der Waals surface area (Å²) in [6, 6.07) is 0. The monoisotopic (exact) mass is 410 g/mol. The van der Waals surface area contributed by atoms with Gasteiger partial charge >= 0.3 is 16.8 Å². The zero-order chi connectivity index (χ0) is 17.4. The van der Waals surface area contributed by atoms with Crippen molar-refractivity contribution in [1.82, 2.24) is 0 Å². The van der Waals surface area contributed by atoms with E-state index in [-0.39, 0.29) is 40.6 Å². The normalized spacial score (nSPS) is 15.5. The van der Waals surface area contributed by atoms with Gasteiger partial charge in [0.2, 0.25) is 0 Å². The molecule has 1 rings (SSSR count). The number of piperidine rings is 1. The maximum atomic E-state index is 9.63. The van der Waals surface area contributed by atoms with Crippen molar-refractivity contribution in [2.75, 3.05) is 13.1 Å². The molecular weight excluding hydrogens is 385 g/mol. The summed E-state index contributed by atoms with van der Waals surface area (Å²) in [5, 5.41) is 48.7. The summed E-state index contributed by atoms with van der Waals surface area (Å²) in [6.45, 7) is 8.29. The molecule has 0 aromatic rings. The van der Waals surface area contributed by atoms with Crippen LogP contribution in [-0.4, -0.2) is 51.6 Å². The first kappa shape index (κ1) is 30.5. The van der Waals surface area contributed by atoms with E-state index in [0.29, 0.717) is 11.4 Å². The van der Waals surface area contributed by atoms with Crippen molar-refractivity contribution in [2.45, 2.75) is 47.0 Å². The molecule has 0 atom stereocenters. The van der Waals surface area contributed by atoms with E-state index in [1.165, 1.54) is 47.0 Å². The van der Waals surface area contributed by atoms with E-state index in [0.717, 1.165) is 13.1 Å². The summed E-state index contributed by atoms with van der Waals surface area (Å²) < 4.78 is 0. The van der Waals surface area contributed by atoms with Crippen molar-refractivity contribution < 1.29 is 32.4 Å². The van der Waals surface area contributed by atoms with Crippen LogP contribution in [0, 0.1) is 5.21 Å². The van der Waals surface area contributed by atoms with E-state index in [1.807, 2.05) is 0 Å². The maximum Gasteiger partial charge on any atom is 2.00 e. The fourth-order valence-corrected chi connectivity index (χ4v) is 1.02. The van der Waals surface area contributed by atoms with Crippen molar-refractivity contribution >= 4 is 35.3 Å². The molecular formula is C13H26ClCoN5O4. The number of hydrogen-bond acceptors (Lipinski definition) is 8. The summed E-state index contributed by atoms with van der Waals surface area (Å²) >= 11 is 0. The van der Waals surface area contributed by atoms with Gasteiger partial charge in [-0.3, -0.25) is 0 Å². The van der Waals surface area contributed by atoms with Gasteiger partial charge in [0.15, 0.2) is 0 Å². The molecule has 1 radical (unpaired) electrons. The molecule has 1 aliphatic heterocycles. The van der Waals surface area contributed by atoms with E-state index >= 15 is 0 Å². The average Bonchev–Trinajstić information content (AvgIpc) is 2.61. The molecule has 1 fully saturated rings. The minimum Gasteiger partial charge on any atom is -0.792 e. The molecule has 0 amide bonds. The smallest absolute Gasteiger partial charge is 0.792 e. The molecule has 0 saturated carbocycles. The first-order chi connectivity index (χ1) is 10.4. The van der Waals surface area contributed by atoms with Crippen LogP contribution >= 0.6 is 12.4 Å². The minimum atomic E-state index is 0. The van der Waals surface area contributed by atoms with Crippen molar-refractivity contribution in [3.63, 3.8) is 0 Å². The fraction of sp³-hybridized carbons (Fsp3) is 0.692. The van der Waals surface area contributed by atoms with E-state index in [2.05, 4.69) is 25.9 Å². The average molecular weight is 411 g/mol. The summed E-state index contributed by atoms with van der Waals surface area (Å²) in [5.41, 5.74) is 1.08. The molecule has 11 heteroatoms. The van der Waals surface area contributed by atoms with Crippen molar-refractivity contribution in [2.24, 2.45) is 20.6 Å². The minimum absolute atomic E-state index is 0. The third kappa shape index (κ3) is 18.7. The van der Waals surface area contributed by atoms with Crippen LogP contribution in [0.2, 0.25) is 0 Å². The zero-order valence-corrected chi connectivity index (χ0v) is 16.1. The van der Waals surface area contributed by atoms with Gasteiger partial charge in [-0.25, -0.2) is 0 Å². The second kappa shape index (κ2) is 21.6. The SMILES string of the molecule is C1CC[N-]CC1.CC(=N\O)/C(C)=N/O.CC(=N\[O-])/C(C)=N/O.Cl.[Co+2]. The molecule has 0 aromatic heterocycles. The predicted octanol–water partition coefficient (Wildman–Crippen LogP) is 3.45. The van der Waals surface area contributed by atoms with E-state index in [4.69, 9.17) is 15.6 Å². The summed E-state index contributed by atoms with van der Waals surface area (Å²) in [6.07, 6.45) is 4.07. The number of halogens is 1. The molecule has 3 N–H and O–H groups in total. The summed E-state index contributed by atoms with van der Waals surface area (Å²) in [5.74, 6) is 0. The van der Waals surface area contributed by atoms with Gasteiger partial charge in [-0.2, -0.15) is 0 Å². The van der Waals surface area contributed by atoms with Crippen LogP contribution < -0.4 is 0 Å². The third-order valence-corrected chi connectivity index (χ3v) is 2.77. The Bertz CT molecular complexity index is 338. The summed E-state index contributed by atoms with van der Waals surface area (Å²) in [7, 11) is 0. The Labute approximate surface area is 159 Å². The zero-order valence-electron chi connectivity index (χ0n) is 14.3. The topological polar surface area (TPSA) is 147 Å². The molecule has 1 saturated heterocycles. The van der Waals surface area contributed by atoms with Gasteiger partial charge in [-0.05, 0) is 27.7 Å². The van der Waals surface area contributed by atoms with Gasteiger partial charge in [0.25, 0.3) is 0 Å². The molecule has 1 heterocycles. The molecule has 0 aliphatic carbocycles. The quantitative estimate of drug-likeness (QED) is 0.363. The molecule has 1 aliphatic rings. The fourth-order valence-electron chi connectivity index (χ4n) is 1.02. The van der Waals surface area contributed by atoms with Crippen LogP contribution in [0.15, 0.2) is 20.6 Å². The standard InChI is InChI=1S/C5H10N.2C4H8N2O2.ClH.Co/c1-2-4-6-5-3-1;2*1-3(5-7)4(2)6-8;;/h1-5H2;2*7-8H,1-2H3;1H;/q-1;;;;+2/p-1/b;2*5-3+,6-4+;;. The predicted molar refractivity (Wildman–Crippen MR) is 95.4 cm³/mol. The Balaban J connectivity index is -0.000000121. The first-order valence-corrected chi connectivity index (χ1v) is 6.81. The van der Waals surface area contributed by atoms with Crippen LogP contribution in [0.1, 0.15) is 47.0 Å². The van der Waals surface area contributed by atoms with Gasteiger partial charge in [0.1, 0.15) is 11.4 Å². The van der Waals surface area contributed by atoms with Gasteiger partial charge in [0.05, 0.1) is 11.4 Å². The largest absolute Gasteiger partial charge is 2.00 e.